The van der Waals surface area contributed by atoms with Crippen molar-refractivity contribution in [3.63, 3.8) is 0 Å². The van der Waals surface area contributed by atoms with E-state index in [0.29, 0.717) is 18.1 Å². The largest absolute Gasteiger partial charge is 0.350 e. The Bertz CT molecular complexity index is 564. The van der Waals surface area contributed by atoms with Crippen molar-refractivity contribution in [1.29, 1.82) is 0 Å². The van der Waals surface area contributed by atoms with E-state index in [4.69, 9.17) is 11.6 Å². The number of fused-ring (bicyclic) bond motifs is 1. The summed E-state index contributed by atoms with van der Waals surface area (Å²) in [7, 11) is 1.83. The number of hydrogen-bond acceptors (Lipinski definition) is 2. The predicted octanol–water partition coefficient (Wildman–Crippen LogP) is 2.18. The molecule has 4 nitrogen and oxygen atoms in total. The highest BCUT2D eigenvalue weighted by Crippen LogP contribution is 2.17. The lowest BCUT2D eigenvalue weighted by Gasteiger charge is -2.07. The third kappa shape index (κ3) is 2.48. The first-order valence-corrected chi connectivity index (χ1v) is 6.43. The molecule has 0 radical (unpaired) electrons. The van der Waals surface area contributed by atoms with E-state index < -0.39 is 0 Å². The number of benzene rings is 1. The summed E-state index contributed by atoms with van der Waals surface area (Å²) < 4.78 is 1.72. The molecule has 1 heterocycles. The standard InChI is InChI=1S/C13H16ClN3O/c1-9(7-14)8-15-13(18)12-10-5-3-4-6-11(10)17(2)16-12/h3-6,9H,7-8H2,1-2H3,(H,15,18). The minimum Gasteiger partial charge on any atom is -0.350 e. The van der Waals surface area contributed by atoms with Crippen LogP contribution in [-0.2, 0) is 7.05 Å². The lowest BCUT2D eigenvalue weighted by atomic mass is 10.2. The minimum absolute atomic E-state index is 0.149. The van der Waals surface area contributed by atoms with Gasteiger partial charge >= 0.3 is 0 Å². The summed E-state index contributed by atoms with van der Waals surface area (Å²) in [6.45, 7) is 2.55. The van der Waals surface area contributed by atoms with Crippen molar-refractivity contribution in [2.24, 2.45) is 13.0 Å². The fourth-order valence-electron chi connectivity index (χ4n) is 1.79. The van der Waals surface area contributed by atoms with Gasteiger partial charge in [0, 0.05) is 24.9 Å². The van der Waals surface area contributed by atoms with E-state index in [1.54, 1.807) is 4.68 Å². The van der Waals surface area contributed by atoms with E-state index >= 15 is 0 Å². The molecule has 0 fully saturated rings. The van der Waals surface area contributed by atoms with Crippen LogP contribution in [0.1, 0.15) is 17.4 Å². The van der Waals surface area contributed by atoms with Crippen LogP contribution in [0.2, 0.25) is 0 Å². The molecule has 2 aromatic rings. The third-order valence-electron chi connectivity index (χ3n) is 2.85. The molecule has 0 spiro atoms. The number of nitrogens with one attached hydrogen (secondary N) is 1. The van der Waals surface area contributed by atoms with Gasteiger partial charge in [-0.05, 0) is 12.0 Å². The number of halogens is 1. The molecule has 0 bridgehead atoms. The molecule has 0 saturated carbocycles. The number of para-hydroxylation sites is 1. The number of rotatable bonds is 4. The molecule has 5 heteroatoms. The van der Waals surface area contributed by atoms with Crippen LogP contribution in [0.5, 0.6) is 0 Å². The van der Waals surface area contributed by atoms with Crippen molar-refractivity contribution in [3.8, 4) is 0 Å². The van der Waals surface area contributed by atoms with E-state index in [1.807, 2.05) is 38.2 Å². The van der Waals surface area contributed by atoms with Crippen LogP contribution in [0.4, 0.5) is 0 Å². The van der Waals surface area contributed by atoms with Crippen LogP contribution in [0.25, 0.3) is 10.9 Å². The number of nitrogens with zero attached hydrogens (tertiary/aromatic N) is 2. The number of carbonyl (C=O) groups excluding carboxylic acids is 1. The molecule has 1 amide bonds. The summed E-state index contributed by atoms with van der Waals surface area (Å²) in [4.78, 5) is 12.1. The molecule has 1 atom stereocenters. The second kappa shape index (κ2) is 5.40. The van der Waals surface area contributed by atoms with Gasteiger partial charge in [0.25, 0.3) is 5.91 Å². The van der Waals surface area contributed by atoms with Crippen LogP contribution in [0.3, 0.4) is 0 Å². The number of alkyl halides is 1. The van der Waals surface area contributed by atoms with Gasteiger partial charge in [0.2, 0.25) is 0 Å². The highest BCUT2D eigenvalue weighted by molar-refractivity contribution is 6.18. The molecule has 1 N–H and O–H groups in total. The van der Waals surface area contributed by atoms with Gasteiger partial charge in [0.1, 0.15) is 0 Å². The Morgan fingerprint density at radius 2 is 2.22 bits per heavy atom. The van der Waals surface area contributed by atoms with Crippen molar-refractivity contribution >= 4 is 28.4 Å². The van der Waals surface area contributed by atoms with Crippen LogP contribution >= 0.6 is 11.6 Å². The fraction of sp³-hybridized carbons (Fsp3) is 0.385. The first-order valence-electron chi connectivity index (χ1n) is 5.89. The zero-order valence-corrected chi connectivity index (χ0v) is 11.2. The second-order valence-electron chi connectivity index (χ2n) is 4.46. The van der Waals surface area contributed by atoms with Crippen molar-refractivity contribution in [2.75, 3.05) is 12.4 Å². The van der Waals surface area contributed by atoms with Crippen molar-refractivity contribution in [1.82, 2.24) is 15.1 Å². The van der Waals surface area contributed by atoms with Gasteiger partial charge in [-0.25, -0.2) is 0 Å². The Kier molecular flexibility index (Phi) is 3.87. The van der Waals surface area contributed by atoms with Gasteiger partial charge in [-0.15, -0.1) is 11.6 Å². The first-order chi connectivity index (χ1) is 8.63. The van der Waals surface area contributed by atoms with Crippen LogP contribution in [0, 0.1) is 5.92 Å². The molecule has 0 saturated heterocycles. The molecule has 2 rings (SSSR count). The lowest BCUT2D eigenvalue weighted by Crippen LogP contribution is -2.29. The molecule has 1 aromatic heterocycles. The third-order valence-corrected chi connectivity index (χ3v) is 3.37. The van der Waals surface area contributed by atoms with E-state index in [9.17, 15) is 4.79 Å². The molecular weight excluding hydrogens is 250 g/mol. The van der Waals surface area contributed by atoms with Crippen molar-refractivity contribution in [3.05, 3.63) is 30.0 Å². The maximum atomic E-state index is 12.1. The molecule has 1 unspecified atom stereocenters. The number of aryl methyl sites for hydroxylation is 1. The average Bonchev–Trinajstić information content (AvgIpc) is 2.74. The summed E-state index contributed by atoms with van der Waals surface area (Å²) in [6.07, 6.45) is 0. The van der Waals surface area contributed by atoms with E-state index in [0.717, 1.165) is 10.9 Å². The Balaban J connectivity index is 2.23. The van der Waals surface area contributed by atoms with Gasteiger partial charge in [-0.3, -0.25) is 9.48 Å². The topological polar surface area (TPSA) is 46.9 Å². The second-order valence-corrected chi connectivity index (χ2v) is 4.77. The predicted molar refractivity (Wildman–Crippen MR) is 72.9 cm³/mol. The van der Waals surface area contributed by atoms with Crippen LogP contribution in [-0.4, -0.2) is 28.1 Å². The Hall–Kier alpha value is -1.55. The molecule has 0 aliphatic rings. The van der Waals surface area contributed by atoms with Crippen LogP contribution in [0.15, 0.2) is 24.3 Å². The molecule has 1 aromatic carbocycles. The van der Waals surface area contributed by atoms with Gasteiger partial charge in [0.05, 0.1) is 5.52 Å². The van der Waals surface area contributed by atoms with Gasteiger partial charge < -0.3 is 5.32 Å². The zero-order chi connectivity index (χ0) is 13.1. The number of amides is 1. The van der Waals surface area contributed by atoms with E-state index in [-0.39, 0.29) is 11.8 Å². The summed E-state index contributed by atoms with van der Waals surface area (Å²) in [6, 6.07) is 7.69. The summed E-state index contributed by atoms with van der Waals surface area (Å²) >= 11 is 5.71. The van der Waals surface area contributed by atoms with Gasteiger partial charge in [-0.2, -0.15) is 5.10 Å². The van der Waals surface area contributed by atoms with Crippen molar-refractivity contribution in [2.45, 2.75) is 6.92 Å². The average molecular weight is 266 g/mol. The van der Waals surface area contributed by atoms with Crippen LogP contribution < -0.4 is 5.32 Å². The van der Waals surface area contributed by atoms with Crippen molar-refractivity contribution < 1.29 is 4.79 Å². The zero-order valence-electron chi connectivity index (χ0n) is 10.5. The smallest absolute Gasteiger partial charge is 0.272 e. The van der Waals surface area contributed by atoms with Gasteiger partial charge in [-0.1, -0.05) is 25.1 Å². The van der Waals surface area contributed by atoms with E-state index in [2.05, 4.69) is 10.4 Å². The number of aromatic nitrogens is 2. The Labute approximate surface area is 111 Å². The fourth-order valence-corrected chi connectivity index (χ4v) is 1.90. The number of hydrogen-bond donors (Lipinski definition) is 1. The highest BCUT2D eigenvalue weighted by atomic mass is 35.5. The molecule has 0 aliphatic heterocycles. The maximum absolute atomic E-state index is 12.1. The minimum atomic E-state index is -0.149. The van der Waals surface area contributed by atoms with Gasteiger partial charge in [0.15, 0.2) is 5.69 Å². The number of carbonyl (C=O) groups is 1. The maximum Gasteiger partial charge on any atom is 0.272 e. The summed E-state index contributed by atoms with van der Waals surface area (Å²) in [5, 5.41) is 7.99. The molecule has 0 aliphatic carbocycles. The molecule has 18 heavy (non-hydrogen) atoms. The summed E-state index contributed by atoms with van der Waals surface area (Å²) in [5.41, 5.74) is 1.42. The highest BCUT2D eigenvalue weighted by Gasteiger charge is 2.15. The lowest BCUT2D eigenvalue weighted by molar-refractivity contribution is 0.0945. The molecule has 96 valence electrons. The SMILES string of the molecule is CC(CCl)CNC(=O)c1nn(C)c2ccccc12. The Morgan fingerprint density at radius 1 is 1.50 bits per heavy atom. The quantitative estimate of drug-likeness (QED) is 0.862. The Morgan fingerprint density at radius 3 is 2.94 bits per heavy atom. The normalized spacial score (nSPS) is 12.6. The summed E-state index contributed by atoms with van der Waals surface area (Å²) in [5.74, 6) is 0.637. The molecular formula is C13H16ClN3O. The monoisotopic (exact) mass is 265 g/mol. The van der Waals surface area contributed by atoms with E-state index in [1.165, 1.54) is 0 Å². The first kappa shape index (κ1) is 12.9.